The Morgan fingerprint density at radius 3 is 2.59 bits per heavy atom. The van der Waals surface area contributed by atoms with Gasteiger partial charge in [-0.3, -0.25) is 14.2 Å². The van der Waals surface area contributed by atoms with Crippen molar-refractivity contribution >= 4 is 35.1 Å². The smallest absolute Gasteiger partial charge is 0.274 e. The van der Waals surface area contributed by atoms with Gasteiger partial charge in [-0.25, -0.2) is 14.4 Å². The Balaban J connectivity index is 1.51. The van der Waals surface area contributed by atoms with Crippen LogP contribution in [-0.2, 0) is 4.79 Å². The summed E-state index contributed by atoms with van der Waals surface area (Å²) in [7, 11) is 0. The molecule has 1 fully saturated rings. The highest BCUT2D eigenvalue weighted by Gasteiger charge is 2.25. The second kappa shape index (κ2) is 9.39. The van der Waals surface area contributed by atoms with E-state index in [0.29, 0.717) is 28.8 Å². The van der Waals surface area contributed by atoms with Gasteiger partial charge in [-0.2, -0.15) is 0 Å². The van der Waals surface area contributed by atoms with Crippen molar-refractivity contribution in [2.24, 2.45) is 11.7 Å². The second-order valence-corrected chi connectivity index (χ2v) is 8.26. The van der Waals surface area contributed by atoms with Crippen molar-refractivity contribution in [2.75, 3.05) is 29.6 Å². The molecule has 32 heavy (non-hydrogen) atoms. The normalized spacial score (nSPS) is 16.1. The van der Waals surface area contributed by atoms with Crippen LogP contribution in [0.1, 0.15) is 23.3 Å². The molecule has 3 N–H and O–H groups in total. The minimum atomic E-state index is -0.358. The van der Waals surface area contributed by atoms with Crippen LogP contribution in [-0.4, -0.2) is 45.7 Å². The quantitative estimate of drug-likeness (QED) is 0.555. The van der Waals surface area contributed by atoms with E-state index in [1.807, 2.05) is 17.2 Å². The predicted octanol–water partition coefficient (Wildman–Crippen LogP) is 3.08. The monoisotopic (exact) mass is 454 g/mol. The van der Waals surface area contributed by atoms with E-state index in [4.69, 9.17) is 5.73 Å². The van der Waals surface area contributed by atoms with Crippen LogP contribution in [0.15, 0.2) is 53.9 Å². The summed E-state index contributed by atoms with van der Waals surface area (Å²) in [4.78, 5) is 35.3. The van der Waals surface area contributed by atoms with Crippen molar-refractivity contribution in [3.8, 4) is 5.69 Å². The number of rotatable bonds is 6. The molecule has 1 aliphatic rings. The van der Waals surface area contributed by atoms with Gasteiger partial charge in [0.1, 0.15) is 17.3 Å². The number of nitrogens with zero attached hydrogens (tertiary/aromatic N) is 4. The number of amides is 2. The molecule has 1 saturated heterocycles. The van der Waals surface area contributed by atoms with E-state index in [0.717, 1.165) is 25.2 Å². The van der Waals surface area contributed by atoms with Gasteiger partial charge in [-0.15, -0.1) is 0 Å². The first kappa shape index (κ1) is 21.8. The maximum absolute atomic E-state index is 13.3. The number of hydrogen-bond donors (Lipinski definition) is 2. The van der Waals surface area contributed by atoms with Crippen LogP contribution in [0.3, 0.4) is 0 Å². The number of hydrogen-bond acceptors (Lipinski definition) is 6. The Kier molecular flexibility index (Phi) is 6.40. The van der Waals surface area contributed by atoms with Crippen LogP contribution in [0.25, 0.3) is 5.69 Å². The first-order valence-electron chi connectivity index (χ1n) is 10.2. The summed E-state index contributed by atoms with van der Waals surface area (Å²) in [5, 5.41) is 3.45. The molecule has 0 saturated carbocycles. The number of piperidine rings is 1. The fourth-order valence-electron chi connectivity index (χ4n) is 3.74. The molecule has 0 bridgehead atoms. The SMILES string of the molecule is CSc1ncc(C(=O)Nc2ccc(N3CCCC(C(N)=O)C3)nc2)n1-c1ccc(F)cc1. The number of anilines is 2. The summed E-state index contributed by atoms with van der Waals surface area (Å²) >= 11 is 1.39. The van der Waals surface area contributed by atoms with Crippen molar-refractivity contribution in [3.05, 3.63) is 60.3 Å². The van der Waals surface area contributed by atoms with Crippen LogP contribution in [0, 0.1) is 11.7 Å². The zero-order chi connectivity index (χ0) is 22.7. The molecular weight excluding hydrogens is 431 g/mol. The fraction of sp³-hybridized carbons (Fsp3) is 0.273. The third-order valence-electron chi connectivity index (χ3n) is 5.38. The van der Waals surface area contributed by atoms with Gasteiger partial charge < -0.3 is 16.0 Å². The molecule has 0 aliphatic carbocycles. The molecule has 8 nitrogen and oxygen atoms in total. The largest absolute Gasteiger partial charge is 0.369 e. The standard InChI is InChI=1S/C22H23FN6O2S/c1-32-22-26-12-18(29(22)17-7-4-15(23)5-8-17)21(31)27-16-6-9-19(25-11-16)28-10-2-3-14(13-28)20(24)30/h4-9,11-12,14H,2-3,10,13H2,1H3,(H2,24,30)(H,27,31). The maximum atomic E-state index is 13.3. The number of benzene rings is 1. The van der Waals surface area contributed by atoms with Crippen LogP contribution >= 0.6 is 11.8 Å². The molecule has 4 rings (SSSR count). The lowest BCUT2D eigenvalue weighted by atomic mass is 9.97. The van der Waals surface area contributed by atoms with Crippen molar-refractivity contribution in [1.82, 2.24) is 14.5 Å². The molecule has 1 aromatic carbocycles. The Labute approximate surface area is 189 Å². The molecule has 3 heterocycles. The van der Waals surface area contributed by atoms with Crippen LogP contribution < -0.4 is 16.0 Å². The summed E-state index contributed by atoms with van der Waals surface area (Å²) in [6.07, 6.45) is 6.59. The maximum Gasteiger partial charge on any atom is 0.274 e. The summed E-state index contributed by atoms with van der Waals surface area (Å²) in [5.41, 5.74) is 6.95. The number of pyridine rings is 1. The second-order valence-electron chi connectivity index (χ2n) is 7.49. The average Bonchev–Trinajstić information content (AvgIpc) is 3.24. The molecule has 1 unspecified atom stereocenters. The number of thioether (sulfide) groups is 1. The number of imidazole rings is 1. The molecule has 3 aromatic rings. The first-order chi connectivity index (χ1) is 15.5. The molecule has 1 atom stereocenters. The van der Waals surface area contributed by atoms with Gasteiger partial charge in [0.15, 0.2) is 5.16 Å². The van der Waals surface area contributed by atoms with Crippen molar-refractivity contribution in [1.29, 1.82) is 0 Å². The van der Waals surface area contributed by atoms with Crippen molar-refractivity contribution in [3.63, 3.8) is 0 Å². The van der Waals surface area contributed by atoms with Gasteiger partial charge in [0.25, 0.3) is 5.91 Å². The van der Waals surface area contributed by atoms with Crippen molar-refractivity contribution in [2.45, 2.75) is 18.0 Å². The highest BCUT2D eigenvalue weighted by atomic mass is 32.2. The number of nitrogens with two attached hydrogens (primary N) is 1. The minimum absolute atomic E-state index is 0.178. The summed E-state index contributed by atoms with van der Waals surface area (Å²) in [6, 6.07) is 9.45. The molecule has 2 amide bonds. The zero-order valence-electron chi connectivity index (χ0n) is 17.5. The lowest BCUT2D eigenvalue weighted by molar-refractivity contribution is -0.122. The molecule has 166 valence electrons. The highest BCUT2D eigenvalue weighted by Crippen LogP contribution is 2.24. The number of carbonyl (C=O) groups is 2. The van der Waals surface area contributed by atoms with E-state index in [1.165, 1.54) is 30.1 Å². The Hall–Kier alpha value is -3.40. The molecule has 1 aliphatic heterocycles. The number of carbonyl (C=O) groups excluding carboxylic acids is 2. The third kappa shape index (κ3) is 4.59. The molecular formula is C22H23FN6O2S. The molecule has 10 heteroatoms. The first-order valence-corrected chi connectivity index (χ1v) is 11.4. The predicted molar refractivity (Wildman–Crippen MR) is 122 cm³/mol. The van der Waals surface area contributed by atoms with E-state index in [-0.39, 0.29) is 23.5 Å². The Morgan fingerprint density at radius 1 is 1.16 bits per heavy atom. The van der Waals surface area contributed by atoms with Gasteiger partial charge in [-0.1, -0.05) is 11.8 Å². The lowest BCUT2D eigenvalue weighted by Gasteiger charge is -2.32. The van der Waals surface area contributed by atoms with E-state index >= 15 is 0 Å². The number of halogens is 1. The molecule has 0 spiro atoms. The van der Waals surface area contributed by atoms with Crippen LogP contribution in [0.2, 0.25) is 0 Å². The van der Waals surface area contributed by atoms with Gasteiger partial charge in [0.05, 0.1) is 24.0 Å². The lowest BCUT2D eigenvalue weighted by Crippen LogP contribution is -2.41. The van der Waals surface area contributed by atoms with Gasteiger partial charge in [0, 0.05) is 18.8 Å². The average molecular weight is 455 g/mol. The van der Waals surface area contributed by atoms with E-state index < -0.39 is 0 Å². The summed E-state index contributed by atoms with van der Waals surface area (Å²) in [5.74, 6) is -0.450. The molecule has 2 aromatic heterocycles. The van der Waals surface area contributed by atoms with Gasteiger partial charge >= 0.3 is 0 Å². The van der Waals surface area contributed by atoms with E-state index in [9.17, 15) is 14.0 Å². The summed E-state index contributed by atoms with van der Waals surface area (Å²) < 4.78 is 15.0. The number of primary amides is 1. The third-order valence-corrected chi connectivity index (χ3v) is 6.04. The van der Waals surface area contributed by atoms with Crippen molar-refractivity contribution < 1.29 is 14.0 Å². The highest BCUT2D eigenvalue weighted by molar-refractivity contribution is 7.98. The van der Waals surface area contributed by atoms with E-state index in [2.05, 4.69) is 15.3 Å². The van der Waals surface area contributed by atoms with Crippen LogP contribution in [0.4, 0.5) is 15.9 Å². The summed E-state index contributed by atoms with van der Waals surface area (Å²) in [6.45, 7) is 1.35. The van der Waals surface area contributed by atoms with Crippen LogP contribution in [0.5, 0.6) is 0 Å². The van der Waals surface area contributed by atoms with E-state index in [1.54, 1.807) is 29.0 Å². The minimum Gasteiger partial charge on any atom is -0.369 e. The zero-order valence-corrected chi connectivity index (χ0v) is 18.3. The Morgan fingerprint density at radius 2 is 1.94 bits per heavy atom. The number of nitrogens with one attached hydrogen (secondary N) is 1. The number of aromatic nitrogens is 3. The topological polar surface area (TPSA) is 106 Å². The fourth-order valence-corrected chi connectivity index (χ4v) is 4.28. The Bertz CT molecular complexity index is 1120. The molecule has 0 radical (unpaired) electrons. The van der Waals surface area contributed by atoms with Gasteiger partial charge in [-0.05, 0) is 55.5 Å². The van der Waals surface area contributed by atoms with Gasteiger partial charge in [0.2, 0.25) is 5.91 Å².